The van der Waals surface area contributed by atoms with Gasteiger partial charge in [-0.2, -0.15) is 0 Å². The summed E-state index contributed by atoms with van der Waals surface area (Å²) in [5, 5.41) is 2.17. The van der Waals surface area contributed by atoms with Gasteiger partial charge in [-0.25, -0.2) is 4.98 Å². The molecule has 0 amide bonds. The molecule has 15 heavy (non-hydrogen) atoms. The zero-order valence-electron chi connectivity index (χ0n) is 8.41. The van der Waals surface area contributed by atoms with Gasteiger partial charge in [0.25, 0.3) is 0 Å². The number of anilines is 1. The van der Waals surface area contributed by atoms with Crippen LogP contribution in [0.5, 0.6) is 0 Å². The molecule has 3 nitrogen and oxygen atoms in total. The van der Waals surface area contributed by atoms with Crippen molar-refractivity contribution in [3.8, 4) is 0 Å². The average Bonchev–Trinajstić information content (AvgIpc) is 2.59. The molecule has 0 atom stereocenters. The van der Waals surface area contributed by atoms with Crippen molar-refractivity contribution >= 4 is 27.5 Å². The van der Waals surface area contributed by atoms with E-state index in [-0.39, 0.29) is 0 Å². The Labute approximate surface area is 86.9 Å². The summed E-state index contributed by atoms with van der Waals surface area (Å²) in [4.78, 5) is 7.69. The molecule has 3 heteroatoms. The third-order valence-electron chi connectivity index (χ3n) is 2.66. The summed E-state index contributed by atoms with van der Waals surface area (Å²) >= 11 is 0. The number of imidazole rings is 1. The summed E-state index contributed by atoms with van der Waals surface area (Å²) in [6, 6.07) is 9.97. The lowest BCUT2D eigenvalue weighted by molar-refractivity contribution is 1.17. The summed E-state index contributed by atoms with van der Waals surface area (Å²) in [6.45, 7) is 1.96. The lowest BCUT2D eigenvalue weighted by atomic mass is 10.1. The first-order valence-electron chi connectivity index (χ1n) is 4.89. The van der Waals surface area contributed by atoms with Gasteiger partial charge in [0.05, 0.1) is 11.0 Å². The highest BCUT2D eigenvalue weighted by Crippen LogP contribution is 2.27. The number of nitrogen functional groups attached to an aromatic ring is 1. The number of H-pyrrole nitrogens is 1. The molecule has 0 fully saturated rings. The van der Waals surface area contributed by atoms with E-state index in [0.29, 0.717) is 0 Å². The standard InChI is InChI=1S/C12H11N3/c1-7-14-11-6-5-8-9(12(11)15-7)3-2-4-10(8)13/h2-6H,13H2,1H3,(H,14,15). The van der Waals surface area contributed by atoms with Crippen molar-refractivity contribution in [2.24, 2.45) is 0 Å². The van der Waals surface area contributed by atoms with Crippen LogP contribution < -0.4 is 5.73 Å². The number of benzene rings is 2. The molecule has 3 rings (SSSR count). The molecule has 3 N–H and O–H groups in total. The SMILES string of the molecule is Cc1nc2c(ccc3c(N)cccc32)[nH]1. The van der Waals surface area contributed by atoms with Crippen molar-refractivity contribution in [2.75, 3.05) is 5.73 Å². The van der Waals surface area contributed by atoms with Crippen LogP contribution in [0.1, 0.15) is 5.82 Å². The number of aryl methyl sites for hydroxylation is 1. The topological polar surface area (TPSA) is 54.7 Å². The molecule has 1 heterocycles. The fourth-order valence-electron chi connectivity index (χ4n) is 1.98. The van der Waals surface area contributed by atoms with Gasteiger partial charge in [-0.15, -0.1) is 0 Å². The normalized spacial score (nSPS) is 11.3. The fourth-order valence-corrected chi connectivity index (χ4v) is 1.98. The second-order valence-electron chi connectivity index (χ2n) is 3.73. The number of nitrogens with zero attached hydrogens (tertiary/aromatic N) is 1. The van der Waals surface area contributed by atoms with E-state index in [0.717, 1.165) is 33.3 Å². The van der Waals surface area contributed by atoms with Gasteiger partial charge < -0.3 is 10.7 Å². The van der Waals surface area contributed by atoms with Gasteiger partial charge in [0.2, 0.25) is 0 Å². The Morgan fingerprint density at radius 2 is 2.00 bits per heavy atom. The molecule has 0 saturated carbocycles. The molecule has 2 aromatic carbocycles. The molecule has 0 spiro atoms. The monoisotopic (exact) mass is 197 g/mol. The van der Waals surface area contributed by atoms with Crippen LogP contribution in [0.15, 0.2) is 30.3 Å². The predicted octanol–water partition coefficient (Wildman–Crippen LogP) is 2.61. The minimum Gasteiger partial charge on any atom is -0.398 e. The second-order valence-corrected chi connectivity index (χ2v) is 3.73. The zero-order chi connectivity index (χ0) is 10.4. The van der Waals surface area contributed by atoms with E-state index in [9.17, 15) is 0 Å². The second kappa shape index (κ2) is 2.73. The van der Waals surface area contributed by atoms with E-state index >= 15 is 0 Å². The number of aromatic amines is 1. The highest BCUT2D eigenvalue weighted by molar-refractivity contribution is 6.08. The van der Waals surface area contributed by atoms with E-state index < -0.39 is 0 Å². The van der Waals surface area contributed by atoms with Crippen LogP contribution in [0.2, 0.25) is 0 Å². The van der Waals surface area contributed by atoms with Crippen molar-refractivity contribution in [2.45, 2.75) is 6.92 Å². The lowest BCUT2D eigenvalue weighted by Crippen LogP contribution is -1.86. The van der Waals surface area contributed by atoms with Crippen LogP contribution in [0.3, 0.4) is 0 Å². The highest BCUT2D eigenvalue weighted by Gasteiger charge is 2.05. The van der Waals surface area contributed by atoms with Crippen molar-refractivity contribution < 1.29 is 0 Å². The lowest BCUT2D eigenvalue weighted by Gasteiger charge is -2.01. The Kier molecular flexibility index (Phi) is 1.51. The molecule has 0 radical (unpaired) electrons. The zero-order valence-corrected chi connectivity index (χ0v) is 8.41. The maximum Gasteiger partial charge on any atom is 0.104 e. The number of hydrogen-bond acceptors (Lipinski definition) is 2. The molecule has 0 aliphatic rings. The van der Waals surface area contributed by atoms with Crippen molar-refractivity contribution in [3.05, 3.63) is 36.2 Å². The minimum absolute atomic E-state index is 0.801. The highest BCUT2D eigenvalue weighted by atomic mass is 14.9. The molecule has 1 aromatic heterocycles. The van der Waals surface area contributed by atoms with Crippen LogP contribution in [-0.2, 0) is 0 Å². The van der Waals surface area contributed by atoms with E-state index in [4.69, 9.17) is 5.73 Å². The van der Waals surface area contributed by atoms with Gasteiger partial charge in [-0.3, -0.25) is 0 Å². The molecule has 0 unspecified atom stereocenters. The Balaban J connectivity index is 2.59. The number of aromatic nitrogens is 2. The van der Waals surface area contributed by atoms with Crippen LogP contribution in [0.25, 0.3) is 21.8 Å². The van der Waals surface area contributed by atoms with Gasteiger partial charge in [0.15, 0.2) is 0 Å². The molecule has 3 aromatic rings. The summed E-state index contributed by atoms with van der Waals surface area (Å²) in [6.07, 6.45) is 0. The van der Waals surface area contributed by atoms with Crippen molar-refractivity contribution in [1.82, 2.24) is 9.97 Å². The van der Waals surface area contributed by atoms with Crippen LogP contribution in [0.4, 0.5) is 5.69 Å². The quantitative estimate of drug-likeness (QED) is 0.544. The number of hydrogen-bond donors (Lipinski definition) is 2. The number of nitrogens with two attached hydrogens (primary N) is 1. The van der Waals surface area contributed by atoms with Gasteiger partial charge in [-0.1, -0.05) is 18.2 Å². The minimum atomic E-state index is 0.801. The van der Waals surface area contributed by atoms with Crippen LogP contribution in [-0.4, -0.2) is 9.97 Å². The summed E-state index contributed by atoms with van der Waals surface area (Å²) in [7, 11) is 0. The Morgan fingerprint density at radius 3 is 2.87 bits per heavy atom. The third kappa shape index (κ3) is 1.09. The van der Waals surface area contributed by atoms with Crippen LogP contribution in [0, 0.1) is 6.92 Å². The Hall–Kier alpha value is -2.03. The van der Waals surface area contributed by atoms with E-state index in [1.54, 1.807) is 0 Å². The van der Waals surface area contributed by atoms with E-state index in [1.165, 1.54) is 0 Å². The van der Waals surface area contributed by atoms with Gasteiger partial charge >= 0.3 is 0 Å². The molecule has 74 valence electrons. The maximum atomic E-state index is 5.92. The first-order valence-corrected chi connectivity index (χ1v) is 4.89. The van der Waals surface area contributed by atoms with Gasteiger partial charge in [-0.05, 0) is 19.1 Å². The summed E-state index contributed by atoms with van der Waals surface area (Å²) in [5.41, 5.74) is 8.78. The molecule has 0 saturated heterocycles. The molecular weight excluding hydrogens is 186 g/mol. The summed E-state index contributed by atoms with van der Waals surface area (Å²) in [5.74, 6) is 0.930. The first-order chi connectivity index (χ1) is 7.25. The Morgan fingerprint density at radius 1 is 1.13 bits per heavy atom. The predicted molar refractivity (Wildman–Crippen MR) is 62.7 cm³/mol. The maximum absolute atomic E-state index is 5.92. The Bertz CT molecular complexity index is 652. The van der Waals surface area contributed by atoms with Gasteiger partial charge in [0.1, 0.15) is 5.82 Å². The van der Waals surface area contributed by atoms with Crippen molar-refractivity contribution in [3.63, 3.8) is 0 Å². The first kappa shape index (κ1) is 8.29. The summed E-state index contributed by atoms with van der Waals surface area (Å²) < 4.78 is 0. The van der Waals surface area contributed by atoms with E-state index in [2.05, 4.69) is 9.97 Å². The molecule has 0 bridgehead atoms. The van der Waals surface area contributed by atoms with E-state index in [1.807, 2.05) is 37.3 Å². The molecular formula is C12H11N3. The third-order valence-corrected chi connectivity index (χ3v) is 2.66. The van der Waals surface area contributed by atoms with Crippen molar-refractivity contribution in [1.29, 1.82) is 0 Å². The van der Waals surface area contributed by atoms with Crippen LogP contribution >= 0.6 is 0 Å². The number of nitrogens with one attached hydrogen (secondary N) is 1. The van der Waals surface area contributed by atoms with Gasteiger partial charge in [0, 0.05) is 16.5 Å². The number of rotatable bonds is 0. The largest absolute Gasteiger partial charge is 0.398 e. The molecule has 0 aliphatic carbocycles. The number of fused-ring (bicyclic) bond motifs is 3. The fraction of sp³-hybridized carbons (Fsp3) is 0.0833. The smallest absolute Gasteiger partial charge is 0.104 e. The average molecular weight is 197 g/mol. The molecule has 0 aliphatic heterocycles.